The summed E-state index contributed by atoms with van der Waals surface area (Å²) < 4.78 is 5.43. The fourth-order valence-corrected chi connectivity index (χ4v) is 3.27. The molecule has 1 aromatic rings. The van der Waals surface area contributed by atoms with E-state index in [1.165, 1.54) is 12.3 Å². The Morgan fingerprint density at radius 1 is 1.42 bits per heavy atom. The molecule has 0 atom stereocenters. The maximum Gasteiger partial charge on any atom is 0.328 e. The predicted molar refractivity (Wildman–Crippen MR) is 96.1 cm³/mol. The van der Waals surface area contributed by atoms with Crippen LogP contribution in [0.2, 0.25) is 0 Å². The molecule has 0 bridgehead atoms. The van der Waals surface area contributed by atoms with Crippen LogP contribution in [0.1, 0.15) is 38.2 Å². The van der Waals surface area contributed by atoms with Crippen LogP contribution in [0.25, 0.3) is 5.57 Å². The van der Waals surface area contributed by atoms with Crippen molar-refractivity contribution in [1.29, 1.82) is 0 Å². The summed E-state index contributed by atoms with van der Waals surface area (Å²) >= 11 is 0. The van der Waals surface area contributed by atoms with Gasteiger partial charge in [0.2, 0.25) is 5.82 Å². The quantitative estimate of drug-likeness (QED) is 0.452. The van der Waals surface area contributed by atoms with Gasteiger partial charge in [0, 0.05) is 49.7 Å². The molecule has 8 nitrogen and oxygen atoms in total. The van der Waals surface area contributed by atoms with Gasteiger partial charge >= 0.3 is 11.7 Å². The van der Waals surface area contributed by atoms with Crippen molar-refractivity contribution in [3.05, 3.63) is 34.0 Å². The van der Waals surface area contributed by atoms with Gasteiger partial charge < -0.3 is 14.7 Å². The molecule has 0 amide bonds. The van der Waals surface area contributed by atoms with Gasteiger partial charge in [-0.25, -0.2) is 9.78 Å². The molecule has 26 heavy (non-hydrogen) atoms. The molecule has 3 rings (SSSR count). The Hall–Kier alpha value is -2.48. The highest BCUT2D eigenvalue weighted by atomic mass is 16.6. The van der Waals surface area contributed by atoms with E-state index in [0.29, 0.717) is 36.1 Å². The summed E-state index contributed by atoms with van der Waals surface area (Å²) in [6.45, 7) is 3.67. The Morgan fingerprint density at radius 3 is 2.69 bits per heavy atom. The van der Waals surface area contributed by atoms with Gasteiger partial charge in [-0.1, -0.05) is 0 Å². The number of aromatic nitrogens is 1. The van der Waals surface area contributed by atoms with Crippen molar-refractivity contribution in [2.24, 2.45) is 5.92 Å². The second kappa shape index (κ2) is 7.82. The van der Waals surface area contributed by atoms with Gasteiger partial charge in [-0.05, 0) is 44.1 Å². The van der Waals surface area contributed by atoms with Gasteiger partial charge in [0.05, 0.1) is 4.92 Å². The van der Waals surface area contributed by atoms with Gasteiger partial charge in [-0.15, -0.1) is 0 Å². The molecule has 1 aromatic heterocycles. The first-order valence-electron chi connectivity index (χ1n) is 8.86. The fraction of sp³-hybridized carbons (Fsp3) is 0.556. The Labute approximate surface area is 151 Å². The average molecular weight is 361 g/mol. The van der Waals surface area contributed by atoms with E-state index < -0.39 is 10.9 Å². The lowest BCUT2D eigenvalue weighted by Gasteiger charge is -2.35. The maximum atomic E-state index is 11.7. The zero-order chi connectivity index (χ0) is 18.7. The van der Waals surface area contributed by atoms with Crippen LogP contribution in [0.15, 0.2) is 18.3 Å². The first kappa shape index (κ1) is 18.3. The summed E-state index contributed by atoms with van der Waals surface area (Å²) in [5.41, 5.74) is 0.799. The van der Waals surface area contributed by atoms with E-state index in [1.807, 2.05) is 0 Å². The highest BCUT2D eigenvalue weighted by Crippen LogP contribution is 2.37. The molecule has 0 aromatic carbocycles. The molecule has 1 aliphatic heterocycles. The zero-order valence-corrected chi connectivity index (χ0v) is 14.8. The van der Waals surface area contributed by atoms with Crippen LogP contribution < -0.4 is 4.90 Å². The molecule has 0 radical (unpaired) electrons. The van der Waals surface area contributed by atoms with Crippen LogP contribution in [0.3, 0.4) is 0 Å². The van der Waals surface area contributed by atoms with Crippen molar-refractivity contribution in [3.63, 3.8) is 0 Å². The number of anilines is 1. The van der Waals surface area contributed by atoms with Crippen LogP contribution in [0.4, 0.5) is 11.5 Å². The summed E-state index contributed by atoms with van der Waals surface area (Å²) in [5, 5.41) is 20.6. The topological polar surface area (TPSA) is 106 Å². The molecule has 1 saturated carbocycles. The van der Waals surface area contributed by atoms with Crippen LogP contribution >= 0.6 is 0 Å². The van der Waals surface area contributed by atoms with Gasteiger partial charge in [0.1, 0.15) is 0 Å². The van der Waals surface area contributed by atoms with Crippen molar-refractivity contribution >= 4 is 23.0 Å². The van der Waals surface area contributed by atoms with Crippen molar-refractivity contribution in [3.8, 4) is 0 Å². The average Bonchev–Trinajstić information content (AvgIpc) is 3.43. The molecule has 1 saturated heterocycles. The van der Waals surface area contributed by atoms with Gasteiger partial charge in [0.15, 0.2) is 0 Å². The number of carboxylic acids is 1. The second-order valence-electron chi connectivity index (χ2n) is 6.93. The Kier molecular flexibility index (Phi) is 5.51. The SMILES string of the molecule is C/C(=C/C(=O)O)c1cnc(N(CC2CC2)C2CCOCC2)c([N+](=O)[O-])c1. The summed E-state index contributed by atoms with van der Waals surface area (Å²) in [7, 11) is 0. The molecular formula is C18H23N3O5. The number of allylic oxidation sites excluding steroid dienone is 1. The standard InChI is InChI=1S/C18H23N3O5/c1-12(8-17(22)23)14-9-16(21(24)25)18(19-10-14)20(11-13-2-3-13)15-4-6-26-7-5-15/h8-10,13,15H,2-7,11H2,1H3,(H,22,23)/b12-8-. The monoisotopic (exact) mass is 361 g/mol. The van der Waals surface area contributed by atoms with E-state index in [2.05, 4.69) is 9.88 Å². The second-order valence-corrected chi connectivity index (χ2v) is 6.93. The number of aliphatic carboxylic acids is 1. The molecule has 0 unspecified atom stereocenters. The van der Waals surface area contributed by atoms with Crippen LogP contribution in [-0.4, -0.2) is 46.8 Å². The highest BCUT2D eigenvalue weighted by Gasteiger charge is 2.33. The van der Waals surface area contributed by atoms with Crippen molar-refractivity contribution in [1.82, 2.24) is 4.98 Å². The number of nitrogens with zero attached hydrogens (tertiary/aromatic N) is 3. The number of hydrogen-bond donors (Lipinski definition) is 1. The third-order valence-corrected chi connectivity index (χ3v) is 4.89. The summed E-state index contributed by atoms with van der Waals surface area (Å²) in [6.07, 6.45) is 6.49. The molecule has 0 spiro atoms. The Balaban J connectivity index is 1.96. The number of ether oxygens (including phenoxy) is 1. The van der Waals surface area contributed by atoms with E-state index in [0.717, 1.165) is 38.3 Å². The largest absolute Gasteiger partial charge is 0.478 e. The molecule has 2 fully saturated rings. The number of pyridine rings is 1. The minimum absolute atomic E-state index is 0.0761. The molecule has 1 N–H and O–H groups in total. The lowest BCUT2D eigenvalue weighted by atomic mass is 10.0. The van der Waals surface area contributed by atoms with Gasteiger partial charge in [-0.2, -0.15) is 0 Å². The number of carboxylic acid groups (broad SMARTS) is 1. The lowest BCUT2D eigenvalue weighted by Crippen LogP contribution is -2.41. The third kappa shape index (κ3) is 4.37. The molecule has 140 valence electrons. The van der Waals surface area contributed by atoms with Crippen molar-refractivity contribution in [2.45, 2.75) is 38.6 Å². The van der Waals surface area contributed by atoms with Crippen molar-refractivity contribution < 1.29 is 19.6 Å². The maximum absolute atomic E-state index is 11.7. The molecule has 2 heterocycles. The van der Waals surface area contributed by atoms with E-state index in [1.54, 1.807) is 6.92 Å². The predicted octanol–water partition coefficient (Wildman–Crippen LogP) is 2.87. The molecule has 1 aliphatic carbocycles. The normalized spacial score (nSPS) is 18.6. The lowest BCUT2D eigenvalue weighted by molar-refractivity contribution is -0.384. The number of rotatable bonds is 7. The van der Waals surface area contributed by atoms with Crippen LogP contribution in [-0.2, 0) is 9.53 Å². The van der Waals surface area contributed by atoms with Crippen LogP contribution in [0.5, 0.6) is 0 Å². The first-order valence-corrected chi connectivity index (χ1v) is 8.86. The number of carbonyl (C=O) groups is 1. The zero-order valence-electron chi connectivity index (χ0n) is 14.8. The Bertz CT molecular complexity index is 724. The summed E-state index contributed by atoms with van der Waals surface area (Å²) in [5.74, 6) is -0.153. The van der Waals surface area contributed by atoms with Crippen LogP contribution in [0, 0.1) is 16.0 Å². The van der Waals surface area contributed by atoms with Crippen molar-refractivity contribution in [2.75, 3.05) is 24.7 Å². The molecule has 2 aliphatic rings. The highest BCUT2D eigenvalue weighted by molar-refractivity contribution is 5.89. The first-order chi connectivity index (χ1) is 12.5. The number of hydrogen-bond acceptors (Lipinski definition) is 6. The summed E-state index contributed by atoms with van der Waals surface area (Å²) in [4.78, 5) is 28.6. The summed E-state index contributed by atoms with van der Waals surface area (Å²) in [6, 6.07) is 1.60. The fourth-order valence-electron chi connectivity index (χ4n) is 3.27. The third-order valence-electron chi connectivity index (χ3n) is 4.89. The van der Waals surface area contributed by atoms with E-state index in [-0.39, 0.29) is 11.7 Å². The Morgan fingerprint density at radius 2 is 2.12 bits per heavy atom. The van der Waals surface area contributed by atoms with Gasteiger partial charge in [0.25, 0.3) is 0 Å². The minimum Gasteiger partial charge on any atom is -0.478 e. The smallest absolute Gasteiger partial charge is 0.328 e. The molecular weight excluding hydrogens is 338 g/mol. The minimum atomic E-state index is -1.09. The van der Waals surface area contributed by atoms with E-state index >= 15 is 0 Å². The van der Waals surface area contributed by atoms with Gasteiger partial charge in [-0.3, -0.25) is 10.1 Å². The van der Waals surface area contributed by atoms with E-state index in [9.17, 15) is 14.9 Å². The van der Waals surface area contributed by atoms with E-state index in [4.69, 9.17) is 9.84 Å². The molecule has 8 heteroatoms. The number of nitro groups is 1.